The van der Waals surface area contributed by atoms with E-state index >= 15 is 0 Å². The molecule has 0 aliphatic carbocycles. The van der Waals surface area contributed by atoms with Gasteiger partial charge in [-0.2, -0.15) is 4.31 Å². The lowest BCUT2D eigenvalue weighted by molar-refractivity contribution is 0.396. The molecule has 6 nitrogen and oxygen atoms in total. The van der Waals surface area contributed by atoms with Gasteiger partial charge in [-0.05, 0) is 37.5 Å². The van der Waals surface area contributed by atoms with E-state index in [1.165, 1.54) is 16.7 Å². The van der Waals surface area contributed by atoms with E-state index in [9.17, 15) is 13.2 Å². The lowest BCUT2D eigenvalue weighted by Crippen LogP contribution is -2.30. The molecule has 26 heavy (non-hydrogen) atoms. The molecule has 0 radical (unpaired) electrons. The highest BCUT2D eigenvalue weighted by atomic mass is 32.2. The zero-order valence-corrected chi connectivity index (χ0v) is 15.5. The van der Waals surface area contributed by atoms with Crippen LogP contribution >= 0.6 is 0 Å². The minimum absolute atomic E-state index is 0.152. The Kier molecular flexibility index (Phi) is 4.00. The molecule has 1 saturated heterocycles. The summed E-state index contributed by atoms with van der Waals surface area (Å²) in [4.78, 5) is 11.8. The van der Waals surface area contributed by atoms with Crippen LogP contribution in [-0.2, 0) is 17.1 Å². The summed E-state index contributed by atoms with van der Waals surface area (Å²) < 4.78 is 34.5. The van der Waals surface area contributed by atoms with Crippen LogP contribution in [0.25, 0.3) is 11.1 Å². The fourth-order valence-electron chi connectivity index (χ4n) is 3.65. The van der Waals surface area contributed by atoms with Crippen molar-refractivity contribution < 1.29 is 12.8 Å². The summed E-state index contributed by atoms with van der Waals surface area (Å²) in [6.45, 7) is 2.49. The van der Waals surface area contributed by atoms with Crippen LogP contribution in [0.3, 0.4) is 0 Å². The van der Waals surface area contributed by atoms with Crippen LogP contribution < -0.4 is 5.76 Å². The predicted octanol–water partition coefficient (Wildman–Crippen LogP) is 2.97. The summed E-state index contributed by atoms with van der Waals surface area (Å²) in [5, 5.41) is 0. The van der Waals surface area contributed by atoms with Crippen LogP contribution in [0.2, 0.25) is 0 Å². The van der Waals surface area contributed by atoms with Crippen LogP contribution in [0.1, 0.15) is 30.0 Å². The molecular weight excluding hydrogens is 352 g/mol. The smallest absolute Gasteiger partial charge is 0.408 e. The largest absolute Gasteiger partial charge is 0.419 e. The Balaban J connectivity index is 1.77. The van der Waals surface area contributed by atoms with Crippen molar-refractivity contribution in [2.45, 2.75) is 30.7 Å². The molecule has 7 heteroatoms. The number of hydrogen-bond donors (Lipinski definition) is 0. The molecule has 1 atom stereocenters. The zero-order valence-electron chi connectivity index (χ0n) is 14.7. The quantitative estimate of drug-likeness (QED) is 0.709. The number of benzene rings is 2. The molecule has 0 bridgehead atoms. The molecular formula is C19H20N2O4S. The van der Waals surface area contributed by atoms with Gasteiger partial charge in [0.25, 0.3) is 0 Å². The molecule has 3 aromatic rings. The summed E-state index contributed by atoms with van der Waals surface area (Å²) in [6, 6.07) is 12.4. The van der Waals surface area contributed by atoms with Gasteiger partial charge in [-0.3, -0.25) is 4.57 Å². The third-order valence-corrected chi connectivity index (χ3v) is 6.91. The lowest BCUT2D eigenvalue weighted by Gasteiger charge is -2.24. The standard InChI is InChI=1S/C19H20N2O4S/c1-13-5-3-6-14(11-13)16-7-4-10-21(16)26(23,24)15-8-9-17-18(12-15)25-19(22)20(17)2/h3,5-6,8-9,11-12,16H,4,7,10H2,1-2H3. The lowest BCUT2D eigenvalue weighted by atomic mass is 10.0. The molecule has 1 aliphatic heterocycles. The van der Waals surface area contributed by atoms with Crippen LogP contribution in [-0.4, -0.2) is 23.8 Å². The fourth-order valence-corrected chi connectivity index (χ4v) is 5.35. The summed E-state index contributed by atoms with van der Waals surface area (Å²) in [6.07, 6.45) is 1.62. The van der Waals surface area contributed by atoms with Gasteiger partial charge in [-0.25, -0.2) is 13.2 Å². The van der Waals surface area contributed by atoms with E-state index in [0.717, 1.165) is 24.0 Å². The molecule has 2 heterocycles. The Morgan fingerprint density at radius 1 is 1.15 bits per heavy atom. The second-order valence-electron chi connectivity index (χ2n) is 6.74. The van der Waals surface area contributed by atoms with Gasteiger partial charge in [0.15, 0.2) is 5.58 Å². The molecule has 0 N–H and O–H groups in total. The van der Waals surface area contributed by atoms with Crippen molar-refractivity contribution in [1.82, 2.24) is 8.87 Å². The highest BCUT2D eigenvalue weighted by molar-refractivity contribution is 7.89. The number of nitrogens with zero attached hydrogens (tertiary/aromatic N) is 2. The van der Waals surface area contributed by atoms with Crippen molar-refractivity contribution in [3.05, 3.63) is 64.1 Å². The number of aryl methyl sites for hydroxylation is 2. The number of aromatic nitrogens is 1. The second-order valence-corrected chi connectivity index (χ2v) is 8.63. The Hall–Kier alpha value is -2.38. The highest BCUT2D eigenvalue weighted by Gasteiger charge is 2.36. The Morgan fingerprint density at radius 2 is 1.96 bits per heavy atom. The van der Waals surface area contributed by atoms with E-state index in [4.69, 9.17) is 4.42 Å². The number of hydrogen-bond acceptors (Lipinski definition) is 4. The highest BCUT2D eigenvalue weighted by Crippen LogP contribution is 2.37. The fraction of sp³-hybridized carbons (Fsp3) is 0.316. The van der Waals surface area contributed by atoms with Crippen LogP contribution in [0, 0.1) is 6.92 Å². The average Bonchev–Trinajstić information content (AvgIpc) is 3.21. The third-order valence-electron chi connectivity index (χ3n) is 5.00. The van der Waals surface area contributed by atoms with E-state index in [1.807, 2.05) is 31.2 Å². The average molecular weight is 372 g/mol. The van der Waals surface area contributed by atoms with Gasteiger partial charge in [-0.1, -0.05) is 29.8 Å². The van der Waals surface area contributed by atoms with E-state index in [-0.39, 0.29) is 16.5 Å². The monoisotopic (exact) mass is 372 g/mol. The van der Waals surface area contributed by atoms with Crippen LogP contribution in [0.4, 0.5) is 0 Å². The van der Waals surface area contributed by atoms with Crippen LogP contribution in [0.5, 0.6) is 0 Å². The molecule has 1 fully saturated rings. The van der Waals surface area contributed by atoms with Gasteiger partial charge in [0.1, 0.15) is 0 Å². The molecule has 0 saturated carbocycles. The molecule has 1 unspecified atom stereocenters. The maximum Gasteiger partial charge on any atom is 0.419 e. The SMILES string of the molecule is Cc1cccc(C2CCCN2S(=O)(=O)c2ccc3c(c2)oc(=O)n3C)c1. The van der Waals surface area contributed by atoms with E-state index < -0.39 is 15.8 Å². The molecule has 136 valence electrons. The minimum Gasteiger partial charge on any atom is -0.408 e. The number of sulfonamides is 1. The second kappa shape index (κ2) is 6.10. The van der Waals surface area contributed by atoms with Crippen LogP contribution in [0.15, 0.2) is 56.6 Å². The van der Waals surface area contributed by atoms with Crippen molar-refractivity contribution in [1.29, 1.82) is 0 Å². The summed E-state index contributed by atoms with van der Waals surface area (Å²) in [7, 11) is -2.09. The first kappa shape index (κ1) is 17.1. The number of oxazole rings is 1. The van der Waals surface area contributed by atoms with Gasteiger partial charge >= 0.3 is 5.76 Å². The maximum absolute atomic E-state index is 13.2. The Labute approximate surface area is 151 Å². The maximum atomic E-state index is 13.2. The topological polar surface area (TPSA) is 72.5 Å². The van der Waals surface area contributed by atoms with Crippen molar-refractivity contribution in [2.24, 2.45) is 7.05 Å². The van der Waals surface area contributed by atoms with Gasteiger partial charge in [0.05, 0.1) is 16.5 Å². The van der Waals surface area contributed by atoms with E-state index in [1.54, 1.807) is 17.4 Å². The molecule has 2 aromatic carbocycles. The normalized spacial score (nSPS) is 18.6. The van der Waals surface area contributed by atoms with Gasteiger partial charge < -0.3 is 4.42 Å². The van der Waals surface area contributed by atoms with Crippen molar-refractivity contribution in [3.63, 3.8) is 0 Å². The molecule has 1 aromatic heterocycles. The Bertz CT molecular complexity index is 1140. The van der Waals surface area contributed by atoms with E-state index in [0.29, 0.717) is 12.1 Å². The van der Waals surface area contributed by atoms with E-state index in [2.05, 4.69) is 0 Å². The first-order valence-electron chi connectivity index (χ1n) is 8.56. The van der Waals surface area contributed by atoms with Gasteiger partial charge in [0.2, 0.25) is 10.0 Å². The minimum atomic E-state index is -3.68. The molecule has 1 aliphatic rings. The predicted molar refractivity (Wildman–Crippen MR) is 98.5 cm³/mol. The van der Waals surface area contributed by atoms with Gasteiger partial charge in [0, 0.05) is 19.7 Å². The first-order chi connectivity index (χ1) is 12.4. The molecule has 4 rings (SSSR count). The summed E-state index contributed by atoms with van der Waals surface area (Å²) in [5.74, 6) is -0.506. The first-order valence-corrected chi connectivity index (χ1v) is 10.00. The zero-order chi connectivity index (χ0) is 18.5. The van der Waals surface area contributed by atoms with Gasteiger partial charge in [-0.15, -0.1) is 0 Å². The summed E-state index contributed by atoms with van der Waals surface area (Å²) >= 11 is 0. The number of fused-ring (bicyclic) bond motifs is 1. The molecule has 0 amide bonds. The summed E-state index contributed by atoms with van der Waals surface area (Å²) in [5.41, 5.74) is 2.98. The number of rotatable bonds is 3. The van der Waals surface area contributed by atoms with Crippen molar-refractivity contribution in [3.8, 4) is 0 Å². The van der Waals surface area contributed by atoms with Crippen molar-refractivity contribution >= 4 is 21.1 Å². The van der Waals surface area contributed by atoms with Crippen molar-refractivity contribution in [2.75, 3.05) is 6.54 Å². The molecule has 0 spiro atoms. The third kappa shape index (κ3) is 2.68. The Morgan fingerprint density at radius 3 is 2.73 bits per heavy atom.